The smallest absolute Gasteiger partial charge is 0.220 e. The number of carbonyl (C=O) groups excluding carboxylic acids is 1. The number of carbonyl (C=O) groups is 1. The molecule has 0 saturated carbocycles. The van der Waals surface area contributed by atoms with Gasteiger partial charge in [0, 0.05) is 24.7 Å². The van der Waals surface area contributed by atoms with Gasteiger partial charge >= 0.3 is 0 Å². The summed E-state index contributed by atoms with van der Waals surface area (Å²) >= 11 is 0. The van der Waals surface area contributed by atoms with Gasteiger partial charge < -0.3 is 16.4 Å². The molecule has 1 aromatic carbocycles. The van der Waals surface area contributed by atoms with E-state index in [9.17, 15) is 13.6 Å². The Kier molecular flexibility index (Phi) is 3.12. The first-order valence-corrected chi connectivity index (χ1v) is 5.34. The molecule has 2 rings (SSSR count). The largest absolute Gasteiger partial charge is 0.399 e. The third-order valence-corrected chi connectivity index (χ3v) is 2.68. The van der Waals surface area contributed by atoms with Gasteiger partial charge in [-0.25, -0.2) is 8.78 Å². The summed E-state index contributed by atoms with van der Waals surface area (Å²) in [6.45, 7) is 0.363. The fourth-order valence-electron chi connectivity index (χ4n) is 1.79. The van der Waals surface area contributed by atoms with Crippen molar-refractivity contribution in [2.45, 2.75) is 18.9 Å². The minimum atomic E-state index is -0.723. The van der Waals surface area contributed by atoms with Crippen LogP contribution in [0.2, 0.25) is 0 Å². The molecule has 1 fully saturated rings. The number of nitrogen functional groups attached to an aromatic ring is 1. The number of hydrogen-bond donors (Lipinski definition) is 3. The Balaban J connectivity index is 2.11. The highest BCUT2D eigenvalue weighted by atomic mass is 19.1. The predicted molar refractivity (Wildman–Crippen MR) is 60.4 cm³/mol. The number of hydrogen-bond acceptors (Lipinski definition) is 3. The van der Waals surface area contributed by atoms with E-state index in [0.717, 1.165) is 12.1 Å². The molecule has 1 unspecified atom stereocenters. The Hall–Kier alpha value is -1.85. The standard InChI is InChI=1S/C11H13F2N3O/c12-8-3-6(14)4-9(13)11(8)16-7-1-2-10(17)15-5-7/h3-4,7,16H,1-2,5,14H2,(H,15,17). The van der Waals surface area contributed by atoms with Gasteiger partial charge in [-0.15, -0.1) is 0 Å². The summed E-state index contributed by atoms with van der Waals surface area (Å²) in [5.74, 6) is -1.49. The molecule has 0 aromatic heterocycles. The van der Waals surface area contributed by atoms with Gasteiger partial charge in [0.15, 0.2) is 11.6 Å². The molecule has 1 heterocycles. The van der Waals surface area contributed by atoms with Crippen LogP contribution in [0.3, 0.4) is 0 Å². The Morgan fingerprint density at radius 2 is 2.00 bits per heavy atom. The van der Waals surface area contributed by atoms with Gasteiger partial charge in [0.2, 0.25) is 5.91 Å². The molecule has 1 amide bonds. The summed E-state index contributed by atoms with van der Waals surface area (Å²) in [5, 5.41) is 5.38. The molecule has 1 atom stereocenters. The Morgan fingerprint density at radius 1 is 1.35 bits per heavy atom. The summed E-state index contributed by atoms with van der Waals surface area (Å²) in [6, 6.07) is 1.96. The summed E-state index contributed by atoms with van der Waals surface area (Å²) in [6.07, 6.45) is 0.908. The first-order chi connectivity index (χ1) is 8.06. The lowest BCUT2D eigenvalue weighted by Crippen LogP contribution is -2.42. The number of anilines is 2. The van der Waals surface area contributed by atoms with E-state index < -0.39 is 11.6 Å². The first-order valence-electron chi connectivity index (χ1n) is 5.34. The number of nitrogens with two attached hydrogens (primary N) is 1. The number of rotatable bonds is 2. The van der Waals surface area contributed by atoms with Crippen molar-refractivity contribution in [3.8, 4) is 0 Å². The van der Waals surface area contributed by atoms with Crippen LogP contribution in [0, 0.1) is 11.6 Å². The Morgan fingerprint density at radius 3 is 2.53 bits per heavy atom. The number of piperidine rings is 1. The Bertz CT molecular complexity index is 417. The van der Waals surface area contributed by atoms with Gasteiger partial charge in [0.05, 0.1) is 0 Å². The summed E-state index contributed by atoms with van der Waals surface area (Å²) < 4.78 is 26.9. The van der Waals surface area contributed by atoms with Crippen LogP contribution in [0.5, 0.6) is 0 Å². The van der Waals surface area contributed by atoms with Crippen molar-refractivity contribution in [3.63, 3.8) is 0 Å². The minimum absolute atomic E-state index is 0.0405. The van der Waals surface area contributed by atoms with E-state index in [0.29, 0.717) is 19.4 Å². The second-order valence-electron chi connectivity index (χ2n) is 4.04. The fraction of sp³-hybridized carbons (Fsp3) is 0.364. The van der Waals surface area contributed by atoms with Gasteiger partial charge in [-0.3, -0.25) is 4.79 Å². The second-order valence-corrected chi connectivity index (χ2v) is 4.04. The lowest BCUT2D eigenvalue weighted by atomic mass is 10.1. The van der Waals surface area contributed by atoms with Crippen molar-refractivity contribution in [1.29, 1.82) is 0 Å². The first kappa shape index (κ1) is 11.6. The molecule has 4 nitrogen and oxygen atoms in total. The molecule has 1 saturated heterocycles. The van der Waals surface area contributed by atoms with Crippen molar-refractivity contribution in [3.05, 3.63) is 23.8 Å². The third kappa shape index (κ3) is 2.64. The van der Waals surface area contributed by atoms with E-state index >= 15 is 0 Å². The van der Waals surface area contributed by atoms with Gasteiger partial charge in [0.1, 0.15) is 5.69 Å². The molecule has 0 radical (unpaired) electrons. The fourth-order valence-corrected chi connectivity index (χ4v) is 1.79. The van der Waals surface area contributed by atoms with Gasteiger partial charge in [-0.2, -0.15) is 0 Å². The van der Waals surface area contributed by atoms with Crippen LogP contribution in [0.25, 0.3) is 0 Å². The van der Waals surface area contributed by atoms with Crippen LogP contribution >= 0.6 is 0 Å². The van der Waals surface area contributed by atoms with Gasteiger partial charge in [-0.1, -0.05) is 0 Å². The lowest BCUT2D eigenvalue weighted by molar-refractivity contribution is -0.122. The number of halogens is 2. The number of amides is 1. The van der Waals surface area contributed by atoms with E-state index in [1.165, 1.54) is 0 Å². The summed E-state index contributed by atoms with van der Waals surface area (Å²) in [5.41, 5.74) is 5.16. The molecule has 92 valence electrons. The average molecular weight is 241 g/mol. The van der Waals surface area contributed by atoms with Crippen LogP contribution in [-0.4, -0.2) is 18.5 Å². The van der Waals surface area contributed by atoms with Gasteiger partial charge in [-0.05, 0) is 18.6 Å². The summed E-state index contributed by atoms with van der Waals surface area (Å²) in [7, 11) is 0. The number of nitrogens with one attached hydrogen (secondary N) is 2. The van der Waals surface area contributed by atoms with E-state index in [4.69, 9.17) is 5.73 Å². The molecule has 1 aliphatic rings. The maximum absolute atomic E-state index is 13.5. The quantitative estimate of drug-likeness (QED) is 0.682. The van der Waals surface area contributed by atoms with Gasteiger partial charge in [0.25, 0.3) is 0 Å². The molecular formula is C11H13F2N3O. The highest BCUT2D eigenvalue weighted by molar-refractivity contribution is 5.77. The van der Waals surface area contributed by atoms with Crippen LogP contribution in [0.4, 0.5) is 20.2 Å². The Labute approximate surface area is 97.2 Å². The molecule has 6 heteroatoms. The van der Waals surface area contributed by atoms with Crippen molar-refractivity contribution in [1.82, 2.24) is 5.32 Å². The molecule has 0 spiro atoms. The van der Waals surface area contributed by atoms with E-state index in [-0.39, 0.29) is 23.3 Å². The van der Waals surface area contributed by atoms with Crippen molar-refractivity contribution >= 4 is 17.3 Å². The van der Waals surface area contributed by atoms with Crippen LogP contribution in [-0.2, 0) is 4.79 Å². The van der Waals surface area contributed by atoms with E-state index in [1.807, 2.05) is 0 Å². The average Bonchev–Trinajstić information content (AvgIpc) is 2.26. The SMILES string of the molecule is Nc1cc(F)c(NC2CCC(=O)NC2)c(F)c1. The minimum Gasteiger partial charge on any atom is -0.399 e. The molecule has 1 aliphatic heterocycles. The zero-order chi connectivity index (χ0) is 12.4. The van der Waals surface area contributed by atoms with E-state index in [2.05, 4.69) is 10.6 Å². The molecule has 0 bridgehead atoms. The second kappa shape index (κ2) is 4.57. The third-order valence-electron chi connectivity index (χ3n) is 2.68. The molecular weight excluding hydrogens is 228 g/mol. The normalized spacial score (nSPS) is 19.9. The highest BCUT2D eigenvalue weighted by Gasteiger charge is 2.20. The van der Waals surface area contributed by atoms with Crippen molar-refractivity contribution in [2.75, 3.05) is 17.6 Å². The summed E-state index contributed by atoms with van der Waals surface area (Å²) in [4.78, 5) is 10.9. The molecule has 4 N–H and O–H groups in total. The van der Waals surface area contributed by atoms with Crippen molar-refractivity contribution < 1.29 is 13.6 Å². The number of benzene rings is 1. The topological polar surface area (TPSA) is 67.1 Å². The van der Waals surface area contributed by atoms with Crippen LogP contribution in [0.15, 0.2) is 12.1 Å². The monoisotopic (exact) mass is 241 g/mol. The molecule has 1 aromatic rings. The van der Waals surface area contributed by atoms with Crippen LogP contribution in [0.1, 0.15) is 12.8 Å². The maximum atomic E-state index is 13.5. The molecule has 17 heavy (non-hydrogen) atoms. The predicted octanol–water partition coefficient (Wildman–Crippen LogP) is 1.24. The zero-order valence-corrected chi connectivity index (χ0v) is 9.09. The molecule has 0 aliphatic carbocycles. The zero-order valence-electron chi connectivity index (χ0n) is 9.09. The van der Waals surface area contributed by atoms with E-state index in [1.54, 1.807) is 0 Å². The maximum Gasteiger partial charge on any atom is 0.220 e. The van der Waals surface area contributed by atoms with Crippen molar-refractivity contribution in [2.24, 2.45) is 0 Å². The lowest BCUT2D eigenvalue weighted by Gasteiger charge is -2.24. The highest BCUT2D eigenvalue weighted by Crippen LogP contribution is 2.23. The van der Waals surface area contributed by atoms with Crippen LogP contribution < -0.4 is 16.4 Å².